The van der Waals surface area contributed by atoms with E-state index in [1.165, 1.54) is 51.0 Å². The summed E-state index contributed by atoms with van der Waals surface area (Å²) < 4.78 is 74.4. The number of ether oxygens (including phenoxy) is 8. The van der Waals surface area contributed by atoms with E-state index in [9.17, 15) is 8.42 Å². The van der Waals surface area contributed by atoms with Crippen LogP contribution in [0, 0.1) is 6.92 Å². The van der Waals surface area contributed by atoms with Gasteiger partial charge >= 0.3 is 0 Å². The van der Waals surface area contributed by atoms with Gasteiger partial charge in [0.25, 0.3) is 0 Å². The standard InChI is InChI=1S/C73H112O10S/c1-56(2)28-20-29-57(3)30-21-31-58(4)32-22-33-59(5)34-23-35-60(6)36-24-37-61(7)38-25-39-62(8)40-26-41-63(9)42-27-43-64(10)52-68(84(74,75)67-44-18-17-19-45-67)53-65(11)46-47-69-66(12)70(82-54-80-50-48-76-13)72(78-15)73(79-16)71(69)83-55-81-51-49-77-14/h17-19,28,30,32,34,36,38,40,42,44-46,52,68H,20-27,29,31,33,35,37,39,41,43,47-51,53-55H2,1-16H3/b57-30+,58-32+,59-34+,60-36+,61-38+,62-40+,63-42+,64-52+,65-46+. The van der Waals surface area contributed by atoms with Gasteiger partial charge in [-0.1, -0.05) is 135 Å². The molecule has 0 fully saturated rings. The van der Waals surface area contributed by atoms with Gasteiger partial charge in [0.15, 0.2) is 34.9 Å². The van der Waals surface area contributed by atoms with Gasteiger partial charge in [0.2, 0.25) is 11.5 Å². The molecule has 0 amide bonds. The van der Waals surface area contributed by atoms with Crippen molar-refractivity contribution in [3.8, 4) is 23.0 Å². The maximum atomic E-state index is 14.4. The second-order valence-electron chi connectivity index (χ2n) is 23.0. The number of allylic oxidation sites excluding steroid dienone is 19. The van der Waals surface area contributed by atoms with Gasteiger partial charge < -0.3 is 37.9 Å². The highest BCUT2D eigenvalue weighted by molar-refractivity contribution is 7.92. The second-order valence-corrected chi connectivity index (χ2v) is 25.1. The molecular weight excluding hydrogens is 1070 g/mol. The van der Waals surface area contributed by atoms with Crippen LogP contribution in [0.4, 0.5) is 0 Å². The summed E-state index contributed by atoms with van der Waals surface area (Å²) in [6.07, 6.45) is 41.0. The number of rotatable bonds is 45. The van der Waals surface area contributed by atoms with E-state index in [1.807, 2.05) is 39.0 Å². The molecule has 0 saturated heterocycles. The Morgan fingerprint density at radius 1 is 0.429 bits per heavy atom. The quantitative estimate of drug-likeness (QED) is 0.0361. The van der Waals surface area contributed by atoms with Crippen LogP contribution in [0.2, 0.25) is 0 Å². The largest absolute Gasteiger partial charge is 0.490 e. The number of sulfone groups is 1. The van der Waals surface area contributed by atoms with E-state index >= 15 is 0 Å². The first kappa shape index (κ1) is 74.9. The third-order valence-electron chi connectivity index (χ3n) is 15.0. The lowest BCUT2D eigenvalue weighted by molar-refractivity contribution is -0.0124. The Bertz CT molecular complexity index is 2650. The third-order valence-corrected chi connectivity index (χ3v) is 17.0. The highest BCUT2D eigenvalue weighted by atomic mass is 32.2. The van der Waals surface area contributed by atoms with Crippen LogP contribution in [0.25, 0.3) is 0 Å². The Morgan fingerprint density at radius 2 is 0.786 bits per heavy atom. The fourth-order valence-corrected chi connectivity index (χ4v) is 11.4. The van der Waals surface area contributed by atoms with Gasteiger partial charge in [-0.3, -0.25) is 0 Å². The van der Waals surface area contributed by atoms with Crippen LogP contribution in [0.15, 0.2) is 152 Å². The van der Waals surface area contributed by atoms with Crippen molar-refractivity contribution in [2.75, 3.05) is 68.5 Å². The van der Waals surface area contributed by atoms with Crippen molar-refractivity contribution in [1.82, 2.24) is 0 Å². The molecule has 0 aliphatic carbocycles. The zero-order valence-electron chi connectivity index (χ0n) is 55.2. The molecular formula is C73H112O10S. The van der Waals surface area contributed by atoms with Crippen LogP contribution < -0.4 is 18.9 Å². The highest BCUT2D eigenvalue weighted by Crippen LogP contribution is 2.50. The average Bonchev–Trinajstić information content (AvgIpc) is 3.54. The van der Waals surface area contributed by atoms with Gasteiger partial charge in [0.05, 0.1) is 50.8 Å². The lowest BCUT2D eigenvalue weighted by atomic mass is 9.99. The van der Waals surface area contributed by atoms with Crippen LogP contribution in [0.3, 0.4) is 0 Å². The smallest absolute Gasteiger partial charge is 0.207 e. The molecule has 0 heterocycles. The maximum Gasteiger partial charge on any atom is 0.207 e. The minimum Gasteiger partial charge on any atom is -0.490 e. The molecule has 2 aromatic carbocycles. The van der Waals surface area contributed by atoms with E-state index in [4.69, 9.17) is 37.9 Å². The predicted octanol–water partition coefficient (Wildman–Crippen LogP) is 19.5. The first-order valence-electron chi connectivity index (χ1n) is 30.8. The summed E-state index contributed by atoms with van der Waals surface area (Å²) in [5, 5.41) is -0.773. The molecule has 0 N–H and O–H groups in total. The average molecular weight is 1180 g/mol. The third kappa shape index (κ3) is 31.8. The van der Waals surface area contributed by atoms with Crippen LogP contribution in [0.1, 0.15) is 196 Å². The van der Waals surface area contributed by atoms with Gasteiger partial charge in [0, 0.05) is 25.3 Å². The molecule has 1 unspecified atom stereocenters. The van der Waals surface area contributed by atoms with Crippen molar-refractivity contribution in [3.63, 3.8) is 0 Å². The molecule has 2 rings (SSSR count). The van der Waals surface area contributed by atoms with Gasteiger partial charge in [0.1, 0.15) is 0 Å². The molecule has 0 radical (unpaired) electrons. The Labute approximate surface area is 511 Å². The Kier molecular flexibility index (Phi) is 39.5. The molecule has 11 heteroatoms. The molecule has 470 valence electrons. The molecule has 10 nitrogen and oxygen atoms in total. The van der Waals surface area contributed by atoms with Gasteiger partial charge in [-0.05, 0) is 211 Å². The lowest BCUT2D eigenvalue weighted by Crippen LogP contribution is -2.20. The molecule has 0 aliphatic rings. The Balaban J connectivity index is 2.00. The minimum absolute atomic E-state index is 0.0394. The van der Waals surface area contributed by atoms with Gasteiger partial charge in [-0.2, -0.15) is 0 Å². The van der Waals surface area contributed by atoms with Gasteiger partial charge in [-0.25, -0.2) is 8.42 Å². The van der Waals surface area contributed by atoms with Crippen LogP contribution in [0.5, 0.6) is 23.0 Å². The number of hydrogen-bond acceptors (Lipinski definition) is 10. The molecule has 0 aliphatic heterocycles. The summed E-state index contributed by atoms with van der Waals surface area (Å²) in [4.78, 5) is 0.301. The molecule has 0 saturated carbocycles. The summed E-state index contributed by atoms with van der Waals surface area (Å²) in [6, 6.07) is 8.73. The first-order valence-corrected chi connectivity index (χ1v) is 32.3. The summed E-state index contributed by atoms with van der Waals surface area (Å²) in [5.41, 5.74) is 15.1. The van der Waals surface area contributed by atoms with Crippen molar-refractivity contribution >= 4 is 9.84 Å². The number of hydrogen-bond donors (Lipinski definition) is 0. The van der Waals surface area contributed by atoms with E-state index in [0.717, 1.165) is 119 Å². The molecule has 2 aromatic rings. The van der Waals surface area contributed by atoms with Crippen molar-refractivity contribution in [3.05, 3.63) is 158 Å². The van der Waals surface area contributed by atoms with E-state index in [0.29, 0.717) is 67.2 Å². The van der Waals surface area contributed by atoms with Crippen LogP contribution in [-0.4, -0.2) is 82.1 Å². The van der Waals surface area contributed by atoms with Crippen molar-refractivity contribution in [2.45, 2.75) is 209 Å². The predicted molar refractivity (Wildman–Crippen MR) is 354 cm³/mol. The number of benzene rings is 2. The molecule has 0 bridgehead atoms. The lowest BCUT2D eigenvalue weighted by Gasteiger charge is -2.23. The summed E-state index contributed by atoms with van der Waals surface area (Å²) in [5.74, 6) is 1.58. The summed E-state index contributed by atoms with van der Waals surface area (Å²) >= 11 is 0. The SMILES string of the molecule is COCCOCOc1c(C)c(C/C=C(\C)CC(/C=C(\C)CC/C=C(\C)CC/C=C(\C)CC/C=C(\C)CC/C=C(\C)CC/C=C(\C)CC/C=C(\C)CC/C=C(\C)CCC=C(C)C)S(=O)(=O)c2ccccc2)c(OCOCCOC)c(OC)c1OC. The summed E-state index contributed by atoms with van der Waals surface area (Å²) in [7, 11) is 2.57. The minimum atomic E-state index is -3.73. The fourth-order valence-electron chi connectivity index (χ4n) is 9.61. The van der Waals surface area contributed by atoms with Crippen molar-refractivity contribution < 1.29 is 46.3 Å². The van der Waals surface area contributed by atoms with Crippen molar-refractivity contribution in [2.24, 2.45) is 0 Å². The molecule has 1 atom stereocenters. The molecule has 0 aromatic heterocycles. The van der Waals surface area contributed by atoms with Crippen molar-refractivity contribution in [1.29, 1.82) is 0 Å². The van der Waals surface area contributed by atoms with E-state index < -0.39 is 15.1 Å². The Morgan fingerprint density at radius 3 is 1.15 bits per heavy atom. The summed E-state index contributed by atoms with van der Waals surface area (Å²) in [6.45, 7) is 27.6. The molecule has 84 heavy (non-hydrogen) atoms. The normalized spacial score (nSPS) is 14.1. The van der Waals surface area contributed by atoms with E-state index in [-0.39, 0.29) is 13.6 Å². The first-order chi connectivity index (χ1) is 40.3. The second kappa shape index (κ2) is 44.3. The number of methoxy groups -OCH3 is 4. The zero-order valence-corrected chi connectivity index (χ0v) is 56.0. The molecule has 0 spiro atoms. The maximum absolute atomic E-state index is 14.4. The monoisotopic (exact) mass is 1180 g/mol. The Hall–Kier alpha value is -5.17. The van der Waals surface area contributed by atoms with Crippen LogP contribution >= 0.6 is 0 Å². The van der Waals surface area contributed by atoms with Gasteiger partial charge in [-0.15, -0.1) is 0 Å². The van der Waals surface area contributed by atoms with Crippen LogP contribution in [-0.2, 0) is 35.2 Å². The topological polar surface area (TPSA) is 108 Å². The highest BCUT2D eigenvalue weighted by Gasteiger charge is 2.28. The van der Waals surface area contributed by atoms with E-state index in [2.05, 4.69) is 111 Å². The fraction of sp³-hybridized carbons (Fsp3) is 0.562. The zero-order chi connectivity index (χ0) is 62.1. The van der Waals surface area contributed by atoms with E-state index in [1.54, 1.807) is 52.7 Å².